The molecule has 3 atom stereocenters. The van der Waals surface area contributed by atoms with Crippen LogP contribution in [0.5, 0.6) is 0 Å². The minimum Gasteiger partial charge on any atom is -0.392 e. The van der Waals surface area contributed by atoms with Crippen LogP contribution in [0.2, 0.25) is 0 Å². The van der Waals surface area contributed by atoms with Crippen molar-refractivity contribution < 1.29 is 19.4 Å². The number of carbonyl (C=O) groups is 1. The Hall–Kier alpha value is -3.88. The fourth-order valence-corrected chi connectivity index (χ4v) is 6.01. The van der Waals surface area contributed by atoms with Gasteiger partial charge in [-0.1, -0.05) is 79.2 Å². The highest BCUT2D eigenvalue weighted by atomic mass is 16.7. The van der Waals surface area contributed by atoms with E-state index in [1.54, 1.807) is 24.5 Å². The van der Waals surface area contributed by atoms with Crippen LogP contribution in [0.1, 0.15) is 70.7 Å². The van der Waals surface area contributed by atoms with E-state index in [0.717, 1.165) is 59.4 Å². The number of nitrogens with zero attached hydrogens (tertiary/aromatic N) is 2. The number of hydrogen-bond donors (Lipinski definition) is 2. The van der Waals surface area contributed by atoms with Gasteiger partial charge in [0, 0.05) is 37.5 Å². The Morgan fingerprint density at radius 3 is 2.40 bits per heavy atom. The van der Waals surface area contributed by atoms with Gasteiger partial charge in [0.15, 0.2) is 6.29 Å². The van der Waals surface area contributed by atoms with Gasteiger partial charge in [-0.2, -0.15) is 0 Å². The van der Waals surface area contributed by atoms with Crippen molar-refractivity contribution in [1.29, 1.82) is 0 Å². The lowest BCUT2D eigenvalue weighted by Crippen LogP contribution is -2.41. The normalized spacial score (nSPS) is 20.9. The van der Waals surface area contributed by atoms with Crippen LogP contribution in [0.25, 0.3) is 11.1 Å². The van der Waals surface area contributed by atoms with E-state index in [1.807, 2.05) is 30.3 Å². The van der Waals surface area contributed by atoms with Gasteiger partial charge in [-0.3, -0.25) is 9.78 Å². The molecule has 1 aromatic heterocycles. The van der Waals surface area contributed by atoms with Gasteiger partial charge < -0.3 is 24.8 Å². The van der Waals surface area contributed by atoms with Crippen LogP contribution >= 0.6 is 0 Å². The van der Waals surface area contributed by atoms with Crippen molar-refractivity contribution in [2.24, 2.45) is 0 Å². The molecule has 0 unspecified atom stereocenters. The number of pyridine rings is 1. The molecule has 43 heavy (non-hydrogen) atoms. The fraction of sp³-hybridized carbons (Fsp3) is 0.333. The SMILES string of the molecule is O=C(NCc1ccccc1-c1ccc([C@@H]2O[C@H](CN3CCCCC3)C[C@H](c3ccc(CO)cc3)O2)cc1)c1cccnc1. The summed E-state index contributed by atoms with van der Waals surface area (Å²) >= 11 is 0. The molecular formula is C36H39N3O4. The van der Waals surface area contributed by atoms with Crippen LogP contribution in [0, 0.1) is 0 Å². The molecule has 222 valence electrons. The molecule has 6 rings (SSSR count). The van der Waals surface area contributed by atoms with E-state index in [9.17, 15) is 9.90 Å². The van der Waals surface area contributed by atoms with E-state index >= 15 is 0 Å². The summed E-state index contributed by atoms with van der Waals surface area (Å²) in [5.74, 6) is -0.149. The first-order valence-electron chi connectivity index (χ1n) is 15.3. The lowest BCUT2D eigenvalue weighted by molar-refractivity contribution is -0.253. The molecule has 0 aliphatic carbocycles. The first-order chi connectivity index (χ1) is 21.2. The van der Waals surface area contributed by atoms with E-state index in [4.69, 9.17) is 9.47 Å². The lowest BCUT2D eigenvalue weighted by atomic mass is 9.97. The van der Waals surface area contributed by atoms with E-state index in [-0.39, 0.29) is 24.7 Å². The summed E-state index contributed by atoms with van der Waals surface area (Å²) in [6, 6.07) is 28.1. The summed E-state index contributed by atoms with van der Waals surface area (Å²) in [5.41, 5.74) is 6.68. The maximum Gasteiger partial charge on any atom is 0.253 e. The number of nitrogens with one attached hydrogen (secondary N) is 1. The molecule has 0 spiro atoms. The van der Waals surface area contributed by atoms with Gasteiger partial charge in [0.25, 0.3) is 5.91 Å². The maximum absolute atomic E-state index is 12.6. The largest absolute Gasteiger partial charge is 0.392 e. The molecule has 7 heteroatoms. The van der Waals surface area contributed by atoms with Crippen LogP contribution < -0.4 is 5.32 Å². The van der Waals surface area contributed by atoms with Crippen molar-refractivity contribution in [3.63, 3.8) is 0 Å². The second kappa shape index (κ2) is 14.1. The number of aliphatic hydroxyl groups excluding tert-OH is 1. The molecule has 3 aromatic carbocycles. The quantitative estimate of drug-likeness (QED) is 0.246. The first kappa shape index (κ1) is 29.2. The highest BCUT2D eigenvalue weighted by Crippen LogP contribution is 2.39. The monoisotopic (exact) mass is 577 g/mol. The number of carbonyl (C=O) groups excluding carboxylic acids is 1. The zero-order chi connectivity index (χ0) is 29.4. The molecule has 3 heterocycles. The number of benzene rings is 3. The molecule has 2 saturated heterocycles. The second-order valence-corrected chi connectivity index (χ2v) is 11.4. The molecule has 0 radical (unpaired) electrons. The standard InChI is InChI=1S/C36H39N3O4/c40-25-26-10-12-28(13-11-26)34-21-32(24-39-19-4-1-5-20-39)42-36(43-34)29-16-14-27(15-17-29)33-9-3-2-7-30(33)23-38-35(41)31-8-6-18-37-22-31/h2-3,6-18,22,32,34,36,40H,1,4-5,19-21,23-25H2,(H,38,41)/t32-,34+,36+/m0/s1. The predicted octanol–water partition coefficient (Wildman–Crippen LogP) is 6.20. The van der Waals surface area contributed by atoms with Crippen LogP contribution in [-0.2, 0) is 22.6 Å². The lowest BCUT2D eigenvalue weighted by Gasteiger charge is -2.39. The Bertz CT molecular complexity index is 1470. The van der Waals surface area contributed by atoms with E-state index in [1.165, 1.54) is 19.3 Å². The van der Waals surface area contributed by atoms with Crippen LogP contribution in [0.4, 0.5) is 0 Å². The smallest absolute Gasteiger partial charge is 0.253 e. The Balaban J connectivity index is 1.18. The minimum atomic E-state index is -0.478. The topological polar surface area (TPSA) is 83.9 Å². The summed E-state index contributed by atoms with van der Waals surface area (Å²) in [7, 11) is 0. The maximum atomic E-state index is 12.6. The van der Waals surface area contributed by atoms with Crippen LogP contribution in [0.15, 0.2) is 97.3 Å². The van der Waals surface area contributed by atoms with Gasteiger partial charge in [-0.25, -0.2) is 0 Å². The number of amides is 1. The molecule has 4 aromatic rings. The summed E-state index contributed by atoms with van der Waals surface area (Å²) in [5, 5.41) is 12.5. The van der Waals surface area contributed by atoms with Crippen LogP contribution in [-0.4, -0.2) is 46.6 Å². The third kappa shape index (κ3) is 7.37. The Morgan fingerprint density at radius 2 is 1.65 bits per heavy atom. The van der Waals surface area contributed by atoms with Gasteiger partial charge in [-0.05, 0) is 65.9 Å². The van der Waals surface area contributed by atoms with E-state index < -0.39 is 6.29 Å². The molecule has 2 N–H and O–H groups in total. The van der Waals surface area contributed by atoms with Gasteiger partial charge in [0.1, 0.15) is 0 Å². The summed E-state index contributed by atoms with van der Waals surface area (Å²) < 4.78 is 13.2. The van der Waals surface area contributed by atoms with Crippen molar-refractivity contribution in [2.75, 3.05) is 19.6 Å². The molecule has 1 amide bonds. The number of aromatic nitrogens is 1. The van der Waals surface area contributed by atoms with E-state index in [0.29, 0.717) is 12.1 Å². The number of rotatable bonds is 9. The van der Waals surface area contributed by atoms with Crippen molar-refractivity contribution in [1.82, 2.24) is 15.2 Å². The molecule has 2 aliphatic rings. The summed E-state index contributed by atoms with van der Waals surface area (Å²) in [4.78, 5) is 19.2. The molecule has 0 saturated carbocycles. The van der Waals surface area contributed by atoms with Crippen molar-refractivity contribution in [3.8, 4) is 11.1 Å². The first-order valence-corrected chi connectivity index (χ1v) is 15.3. The second-order valence-electron chi connectivity index (χ2n) is 11.4. The number of likely N-dealkylation sites (tertiary alicyclic amines) is 1. The molecule has 2 fully saturated rings. The van der Waals surface area contributed by atoms with Crippen molar-refractivity contribution >= 4 is 5.91 Å². The highest BCUT2D eigenvalue weighted by molar-refractivity contribution is 5.93. The third-order valence-corrected chi connectivity index (χ3v) is 8.40. The summed E-state index contributed by atoms with van der Waals surface area (Å²) in [6.07, 6.45) is 7.30. The third-order valence-electron chi connectivity index (χ3n) is 8.40. The average molecular weight is 578 g/mol. The number of hydrogen-bond acceptors (Lipinski definition) is 6. The number of piperidine rings is 1. The Labute approximate surface area is 253 Å². The Kier molecular flexibility index (Phi) is 9.55. The fourth-order valence-electron chi connectivity index (χ4n) is 6.01. The minimum absolute atomic E-state index is 0.0292. The summed E-state index contributed by atoms with van der Waals surface area (Å²) in [6.45, 7) is 3.59. The van der Waals surface area contributed by atoms with Crippen molar-refractivity contribution in [2.45, 2.75) is 57.3 Å². The van der Waals surface area contributed by atoms with Gasteiger partial charge in [0.05, 0.1) is 24.4 Å². The van der Waals surface area contributed by atoms with Gasteiger partial charge in [-0.15, -0.1) is 0 Å². The number of aliphatic hydroxyl groups is 1. The van der Waals surface area contributed by atoms with Gasteiger partial charge in [0.2, 0.25) is 0 Å². The highest BCUT2D eigenvalue weighted by Gasteiger charge is 2.33. The Morgan fingerprint density at radius 1 is 0.884 bits per heavy atom. The molecule has 0 bridgehead atoms. The van der Waals surface area contributed by atoms with E-state index in [2.05, 4.69) is 57.7 Å². The van der Waals surface area contributed by atoms with Crippen LogP contribution in [0.3, 0.4) is 0 Å². The average Bonchev–Trinajstić information content (AvgIpc) is 3.08. The molecular weight excluding hydrogens is 538 g/mol. The predicted molar refractivity (Wildman–Crippen MR) is 166 cm³/mol. The van der Waals surface area contributed by atoms with Crippen molar-refractivity contribution in [3.05, 3.63) is 125 Å². The molecule has 7 nitrogen and oxygen atoms in total. The number of ether oxygens (including phenoxy) is 2. The zero-order valence-electron chi connectivity index (χ0n) is 24.4. The zero-order valence-corrected chi connectivity index (χ0v) is 24.4. The van der Waals surface area contributed by atoms with Gasteiger partial charge >= 0.3 is 0 Å². The molecule has 2 aliphatic heterocycles.